The lowest BCUT2D eigenvalue weighted by molar-refractivity contribution is -0.117. The van der Waals surface area contributed by atoms with E-state index in [0.29, 0.717) is 51.0 Å². The lowest BCUT2D eigenvalue weighted by atomic mass is 10.1. The molecule has 6 rings (SSSR count). The van der Waals surface area contributed by atoms with Crippen LogP contribution in [0, 0.1) is 0 Å². The van der Waals surface area contributed by atoms with Gasteiger partial charge < -0.3 is 29.0 Å². The van der Waals surface area contributed by atoms with Crippen LogP contribution in [0.5, 0.6) is 28.7 Å². The fourth-order valence-electron chi connectivity index (χ4n) is 4.15. The minimum atomic E-state index is -0.646. The SMILES string of the molecule is O=C(N/N=C\c1ccc(OC(=O)c2ccc3c(c2)OCO3)cc1)/C(=C\c1ccc2c(c1)OCO2)NC(=O)c1ccccc1. The maximum Gasteiger partial charge on any atom is 0.343 e. The number of ether oxygens (including phenoxy) is 5. The number of nitrogens with one attached hydrogen (secondary N) is 2. The van der Waals surface area contributed by atoms with Crippen molar-refractivity contribution in [3.05, 3.63) is 119 Å². The molecule has 2 heterocycles. The zero-order valence-electron chi connectivity index (χ0n) is 22.4. The van der Waals surface area contributed by atoms with Crippen LogP contribution >= 0.6 is 0 Å². The van der Waals surface area contributed by atoms with Gasteiger partial charge in [-0.05, 0) is 83.9 Å². The largest absolute Gasteiger partial charge is 0.454 e. The van der Waals surface area contributed by atoms with Crippen LogP contribution in [0.25, 0.3) is 6.08 Å². The molecule has 2 aliphatic heterocycles. The maximum atomic E-state index is 13.1. The first-order chi connectivity index (χ1) is 21.0. The first kappa shape index (κ1) is 27.1. The van der Waals surface area contributed by atoms with Crippen molar-refractivity contribution in [3.8, 4) is 28.7 Å². The number of hydrogen-bond donors (Lipinski definition) is 2. The highest BCUT2D eigenvalue weighted by molar-refractivity contribution is 6.05. The van der Waals surface area contributed by atoms with Gasteiger partial charge in [-0.2, -0.15) is 5.10 Å². The molecule has 0 saturated heterocycles. The molecule has 4 aromatic carbocycles. The van der Waals surface area contributed by atoms with Gasteiger partial charge in [0.05, 0.1) is 11.8 Å². The average molecular weight is 578 g/mol. The minimum absolute atomic E-state index is 0.0318. The number of fused-ring (bicyclic) bond motifs is 2. The Morgan fingerprint density at radius 2 is 1.35 bits per heavy atom. The molecule has 2 N–H and O–H groups in total. The number of carbonyl (C=O) groups is 3. The van der Waals surface area contributed by atoms with Crippen LogP contribution in [0.3, 0.4) is 0 Å². The molecule has 11 nitrogen and oxygen atoms in total. The number of benzene rings is 4. The first-order valence-corrected chi connectivity index (χ1v) is 13.0. The molecule has 0 aromatic heterocycles. The third kappa shape index (κ3) is 6.46. The van der Waals surface area contributed by atoms with E-state index in [1.807, 2.05) is 0 Å². The molecule has 0 bridgehead atoms. The van der Waals surface area contributed by atoms with Crippen molar-refractivity contribution in [3.63, 3.8) is 0 Å². The minimum Gasteiger partial charge on any atom is -0.454 e. The number of carbonyl (C=O) groups excluding carboxylic acids is 3. The van der Waals surface area contributed by atoms with E-state index in [0.717, 1.165) is 0 Å². The molecular formula is C32H23N3O8. The van der Waals surface area contributed by atoms with Gasteiger partial charge in [-0.1, -0.05) is 24.3 Å². The van der Waals surface area contributed by atoms with Gasteiger partial charge in [0.2, 0.25) is 13.6 Å². The van der Waals surface area contributed by atoms with Crippen LogP contribution in [-0.4, -0.2) is 37.6 Å². The highest BCUT2D eigenvalue weighted by atomic mass is 16.7. The lowest BCUT2D eigenvalue weighted by Gasteiger charge is -2.09. The number of hydrogen-bond acceptors (Lipinski definition) is 9. The smallest absolute Gasteiger partial charge is 0.343 e. The highest BCUT2D eigenvalue weighted by Gasteiger charge is 2.18. The van der Waals surface area contributed by atoms with Gasteiger partial charge in [-0.3, -0.25) is 9.59 Å². The number of amides is 2. The third-order valence-electron chi connectivity index (χ3n) is 6.32. The fourth-order valence-corrected chi connectivity index (χ4v) is 4.15. The van der Waals surface area contributed by atoms with Crippen LogP contribution < -0.4 is 34.4 Å². The van der Waals surface area contributed by atoms with Crippen LogP contribution in [0.15, 0.2) is 102 Å². The zero-order valence-corrected chi connectivity index (χ0v) is 22.4. The third-order valence-corrected chi connectivity index (χ3v) is 6.32. The topological polar surface area (TPSA) is 134 Å². The summed E-state index contributed by atoms with van der Waals surface area (Å²) in [6.07, 6.45) is 2.93. The number of esters is 1. The van der Waals surface area contributed by atoms with E-state index < -0.39 is 17.8 Å². The van der Waals surface area contributed by atoms with Gasteiger partial charge in [0.1, 0.15) is 11.4 Å². The Kier molecular flexibility index (Phi) is 7.68. The summed E-state index contributed by atoms with van der Waals surface area (Å²) in [6.45, 7) is 0.218. The lowest BCUT2D eigenvalue weighted by Crippen LogP contribution is -2.32. The van der Waals surface area contributed by atoms with Crippen molar-refractivity contribution < 1.29 is 38.1 Å². The van der Waals surface area contributed by atoms with Gasteiger partial charge >= 0.3 is 5.97 Å². The Bertz CT molecular complexity index is 1750. The summed E-state index contributed by atoms with van der Waals surface area (Å²) >= 11 is 0. The van der Waals surface area contributed by atoms with E-state index in [9.17, 15) is 14.4 Å². The standard InChI is InChI=1S/C32H23N3O8/c36-30(22-4-2-1-3-5-22)34-25(14-21-8-12-26-28(15-21)41-18-39-26)31(37)35-33-17-20-6-10-24(11-7-20)43-32(38)23-9-13-27-29(16-23)42-19-40-27/h1-17H,18-19H2,(H,34,36)(H,35,37)/b25-14+,33-17-. The van der Waals surface area contributed by atoms with Crippen LogP contribution in [0.2, 0.25) is 0 Å². The molecule has 0 spiro atoms. The molecule has 43 heavy (non-hydrogen) atoms. The van der Waals surface area contributed by atoms with Crippen molar-refractivity contribution in [1.82, 2.24) is 10.7 Å². The molecule has 2 aliphatic rings. The Morgan fingerprint density at radius 3 is 2.09 bits per heavy atom. The Hall–Kier alpha value is -6.10. The molecule has 0 fully saturated rings. The van der Waals surface area contributed by atoms with E-state index in [-0.39, 0.29) is 19.3 Å². The normalized spacial score (nSPS) is 13.1. The van der Waals surface area contributed by atoms with Crippen LogP contribution in [0.1, 0.15) is 31.8 Å². The summed E-state index contributed by atoms with van der Waals surface area (Å²) < 4.78 is 26.7. The van der Waals surface area contributed by atoms with Crippen LogP contribution in [-0.2, 0) is 4.79 Å². The van der Waals surface area contributed by atoms with E-state index >= 15 is 0 Å². The molecule has 0 saturated carbocycles. The molecule has 0 aliphatic carbocycles. The number of nitrogens with zero attached hydrogens (tertiary/aromatic N) is 1. The summed E-state index contributed by atoms with van der Waals surface area (Å²) in [5, 5.41) is 6.67. The molecule has 4 aromatic rings. The van der Waals surface area contributed by atoms with Gasteiger partial charge in [0.15, 0.2) is 23.0 Å². The molecule has 0 radical (unpaired) electrons. The summed E-state index contributed by atoms with van der Waals surface area (Å²) in [5.41, 5.74) is 4.34. The van der Waals surface area contributed by atoms with Crippen molar-refractivity contribution >= 4 is 30.1 Å². The van der Waals surface area contributed by atoms with Gasteiger partial charge in [-0.25, -0.2) is 10.2 Å². The molecule has 0 unspecified atom stereocenters. The second-order valence-corrected chi connectivity index (χ2v) is 9.22. The first-order valence-electron chi connectivity index (χ1n) is 13.0. The van der Waals surface area contributed by atoms with E-state index in [2.05, 4.69) is 15.8 Å². The Morgan fingerprint density at radius 1 is 0.698 bits per heavy atom. The zero-order chi connectivity index (χ0) is 29.6. The second-order valence-electron chi connectivity index (χ2n) is 9.22. The Balaban J connectivity index is 1.11. The fraction of sp³-hybridized carbons (Fsp3) is 0.0625. The highest BCUT2D eigenvalue weighted by Crippen LogP contribution is 2.34. The quantitative estimate of drug-likeness (QED) is 0.104. The van der Waals surface area contributed by atoms with E-state index in [1.54, 1.807) is 91.0 Å². The van der Waals surface area contributed by atoms with Crippen molar-refractivity contribution in [2.24, 2.45) is 5.10 Å². The summed E-state index contributed by atoms with van der Waals surface area (Å²) in [5.74, 6) is 0.844. The van der Waals surface area contributed by atoms with E-state index in [4.69, 9.17) is 23.7 Å². The van der Waals surface area contributed by atoms with Crippen molar-refractivity contribution in [1.29, 1.82) is 0 Å². The number of rotatable bonds is 8. The van der Waals surface area contributed by atoms with Gasteiger partial charge in [0.25, 0.3) is 11.8 Å². The Labute approximate surface area is 245 Å². The predicted octanol–water partition coefficient (Wildman–Crippen LogP) is 4.28. The molecule has 11 heteroatoms. The van der Waals surface area contributed by atoms with E-state index in [1.165, 1.54) is 12.3 Å². The molecule has 214 valence electrons. The molecular weight excluding hydrogens is 554 g/mol. The van der Waals surface area contributed by atoms with Gasteiger partial charge in [-0.15, -0.1) is 0 Å². The molecule has 2 amide bonds. The average Bonchev–Trinajstić information content (AvgIpc) is 3.71. The second kappa shape index (κ2) is 12.2. The summed E-state index contributed by atoms with van der Waals surface area (Å²) in [7, 11) is 0. The van der Waals surface area contributed by atoms with Crippen molar-refractivity contribution in [2.45, 2.75) is 0 Å². The van der Waals surface area contributed by atoms with Crippen LogP contribution in [0.4, 0.5) is 0 Å². The summed E-state index contributed by atoms with van der Waals surface area (Å²) in [6, 6.07) is 25.0. The van der Waals surface area contributed by atoms with Gasteiger partial charge in [0, 0.05) is 5.56 Å². The summed E-state index contributed by atoms with van der Waals surface area (Å²) in [4.78, 5) is 38.4. The number of hydrazone groups is 1. The molecule has 0 atom stereocenters. The van der Waals surface area contributed by atoms with Crippen molar-refractivity contribution in [2.75, 3.05) is 13.6 Å². The monoisotopic (exact) mass is 577 g/mol. The predicted molar refractivity (Wildman–Crippen MR) is 154 cm³/mol. The maximum absolute atomic E-state index is 13.1.